The first-order valence-corrected chi connectivity index (χ1v) is 4.84. The average Bonchev–Trinajstić information content (AvgIpc) is 2.08. The summed E-state index contributed by atoms with van der Waals surface area (Å²) in [6, 6.07) is 0. The van der Waals surface area contributed by atoms with Crippen molar-refractivity contribution >= 4 is 0 Å². The summed E-state index contributed by atoms with van der Waals surface area (Å²) in [4.78, 5) is 0. The smallest absolute Gasteiger partial charge is 0.0837 e. The van der Waals surface area contributed by atoms with Crippen LogP contribution in [-0.4, -0.2) is 23.9 Å². The molecular formula is C10H20O2. The van der Waals surface area contributed by atoms with Crippen LogP contribution < -0.4 is 0 Å². The Morgan fingerprint density at radius 1 is 1.00 bits per heavy atom. The third-order valence-electron chi connectivity index (χ3n) is 3.55. The van der Waals surface area contributed by atoms with Gasteiger partial charge < -0.3 is 9.84 Å². The van der Waals surface area contributed by atoms with Crippen molar-refractivity contribution in [3.8, 4) is 0 Å². The largest absolute Gasteiger partial charge is 0.394 e. The second-order valence-corrected chi connectivity index (χ2v) is 4.14. The molecule has 1 aliphatic heterocycles. The number of aliphatic hydroxyl groups excluding tert-OH is 1. The lowest BCUT2D eigenvalue weighted by Gasteiger charge is -2.41. The van der Waals surface area contributed by atoms with Crippen LogP contribution in [0.5, 0.6) is 0 Å². The first kappa shape index (κ1) is 10.0. The molecule has 0 aliphatic carbocycles. The summed E-state index contributed by atoms with van der Waals surface area (Å²) in [6.07, 6.45) is 0.333. The maximum Gasteiger partial charge on any atom is 0.0837 e. The van der Waals surface area contributed by atoms with E-state index in [-0.39, 0.29) is 18.8 Å². The van der Waals surface area contributed by atoms with Crippen molar-refractivity contribution in [3.05, 3.63) is 0 Å². The van der Waals surface area contributed by atoms with Gasteiger partial charge in [-0.2, -0.15) is 0 Å². The molecule has 0 spiro atoms. The van der Waals surface area contributed by atoms with Crippen molar-refractivity contribution in [2.24, 2.45) is 17.8 Å². The average molecular weight is 172 g/mol. The van der Waals surface area contributed by atoms with Crippen LogP contribution in [0.3, 0.4) is 0 Å². The van der Waals surface area contributed by atoms with E-state index >= 15 is 0 Å². The molecule has 0 amide bonds. The monoisotopic (exact) mass is 172 g/mol. The molecule has 1 rings (SSSR count). The van der Waals surface area contributed by atoms with E-state index in [1.54, 1.807) is 0 Å². The molecule has 1 saturated heterocycles. The lowest BCUT2D eigenvalue weighted by Crippen LogP contribution is -2.44. The molecule has 1 N–H and O–H groups in total. The van der Waals surface area contributed by atoms with Crippen molar-refractivity contribution in [1.29, 1.82) is 0 Å². The van der Waals surface area contributed by atoms with Crippen molar-refractivity contribution in [2.45, 2.75) is 39.9 Å². The molecule has 0 aromatic carbocycles. The molecule has 2 nitrogen and oxygen atoms in total. The van der Waals surface area contributed by atoms with E-state index in [1.807, 2.05) is 0 Å². The zero-order valence-corrected chi connectivity index (χ0v) is 8.45. The van der Waals surface area contributed by atoms with Crippen molar-refractivity contribution in [2.75, 3.05) is 6.61 Å². The van der Waals surface area contributed by atoms with E-state index in [4.69, 9.17) is 9.84 Å². The number of aliphatic hydroxyl groups is 1. The summed E-state index contributed by atoms with van der Waals surface area (Å²) in [5.74, 6) is 1.72. The van der Waals surface area contributed by atoms with Gasteiger partial charge >= 0.3 is 0 Å². The minimum absolute atomic E-state index is 0.0474. The molecule has 1 aliphatic rings. The molecule has 1 fully saturated rings. The van der Waals surface area contributed by atoms with Gasteiger partial charge in [0, 0.05) is 0 Å². The molecule has 0 aromatic heterocycles. The summed E-state index contributed by atoms with van der Waals surface area (Å²) in [6.45, 7) is 8.88. The van der Waals surface area contributed by atoms with E-state index in [1.165, 1.54) is 0 Å². The molecule has 72 valence electrons. The maximum atomic E-state index is 9.06. The summed E-state index contributed by atoms with van der Waals surface area (Å²) in [5, 5.41) is 9.06. The van der Waals surface area contributed by atoms with Gasteiger partial charge in [0.1, 0.15) is 0 Å². The second kappa shape index (κ2) is 3.75. The van der Waals surface area contributed by atoms with E-state index < -0.39 is 0 Å². The molecule has 0 saturated carbocycles. The number of ether oxygens (including phenoxy) is 1. The van der Waals surface area contributed by atoms with Crippen molar-refractivity contribution in [3.63, 3.8) is 0 Å². The van der Waals surface area contributed by atoms with E-state index in [0.717, 1.165) is 0 Å². The Labute approximate surface area is 74.9 Å². The molecule has 2 unspecified atom stereocenters. The molecule has 5 atom stereocenters. The molecule has 0 aromatic rings. The highest BCUT2D eigenvalue weighted by Crippen LogP contribution is 2.34. The first-order valence-electron chi connectivity index (χ1n) is 4.84. The van der Waals surface area contributed by atoms with Crippen molar-refractivity contribution in [1.82, 2.24) is 0 Å². The van der Waals surface area contributed by atoms with Crippen LogP contribution in [0, 0.1) is 17.8 Å². The third-order valence-corrected chi connectivity index (χ3v) is 3.55. The summed E-state index contributed by atoms with van der Waals surface area (Å²) >= 11 is 0. The predicted molar refractivity (Wildman–Crippen MR) is 48.9 cm³/mol. The number of rotatable bonds is 1. The van der Waals surface area contributed by atoms with Gasteiger partial charge in [-0.1, -0.05) is 20.8 Å². The molecule has 1 heterocycles. The number of hydrogen-bond donors (Lipinski definition) is 1. The zero-order chi connectivity index (χ0) is 9.30. The minimum atomic E-state index is 0.0474. The fourth-order valence-electron chi connectivity index (χ4n) is 1.98. The Morgan fingerprint density at radius 2 is 1.58 bits per heavy atom. The zero-order valence-electron chi connectivity index (χ0n) is 8.45. The van der Waals surface area contributed by atoms with E-state index in [2.05, 4.69) is 27.7 Å². The first-order chi connectivity index (χ1) is 5.57. The van der Waals surface area contributed by atoms with Crippen LogP contribution in [0.2, 0.25) is 0 Å². The maximum absolute atomic E-state index is 9.06. The van der Waals surface area contributed by atoms with Gasteiger partial charge in [0.05, 0.1) is 18.8 Å². The molecule has 0 radical (unpaired) electrons. The van der Waals surface area contributed by atoms with E-state index in [0.29, 0.717) is 17.8 Å². The third kappa shape index (κ3) is 1.64. The van der Waals surface area contributed by atoms with Gasteiger partial charge in [-0.3, -0.25) is 0 Å². The van der Waals surface area contributed by atoms with Crippen LogP contribution in [0.4, 0.5) is 0 Å². The summed E-state index contributed by atoms with van der Waals surface area (Å²) in [7, 11) is 0. The summed E-state index contributed by atoms with van der Waals surface area (Å²) in [5.41, 5.74) is 0. The molecule has 12 heavy (non-hydrogen) atoms. The van der Waals surface area contributed by atoms with Crippen LogP contribution >= 0.6 is 0 Å². The highest BCUT2D eigenvalue weighted by Gasteiger charge is 2.36. The highest BCUT2D eigenvalue weighted by molar-refractivity contribution is 4.83. The molecule has 0 bridgehead atoms. The summed E-state index contributed by atoms with van der Waals surface area (Å²) < 4.78 is 5.68. The Kier molecular flexibility index (Phi) is 3.13. The van der Waals surface area contributed by atoms with E-state index in [9.17, 15) is 0 Å². The highest BCUT2D eigenvalue weighted by atomic mass is 16.5. The van der Waals surface area contributed by atoms with Gasteiger partial charge in [-0.05, 0) is 24.7 Å². The fraction of sp³-hybridized carbons (Fsp3) is 1.00. The van der Waals surface area contributed by atoms with Gasteiger partial charge in [0.15, 0.2) is 0 Å². The Hall–Kier alpha value is -0.0800. The van der Waals surface area contributed by atoms with Gasteiger partial charge in [-0.15, -0.1) is 0 Å². The van der Waals surface area contributed by atoms with Gasteiger partial charge in [0.25, 0.3) is 0 Å². The normalized spacial score (nSPS) is 49.2. The minimum Gasteiger partial charge on any atom is -0.394 e. The topological polar surface area (TPSA) is 29.5 Å². The fourth-order valence-corrected chi connectivity index (χ4v) is 1.98. The second-order valence-electron chi connectivity index (χ2n) is 4.14. The van der Waals surface area contributed by atoms with Crippen molar-refractivity contribution < 1.29 is 9.84 Å². The standard InChI is InChI=1S/C10H20O2/c1-6-7(2)9(4)12-10(5-11)8(6)3/h6-11H,5H2,1-4H3/t6-,7?,8+,9+,10?/m1/s1. The number of hydrogen-bond acceptors (Lipinski definition) is 2. The van der Waals surface area contributed by atoms with Crippen LogP contribution in [0.1, 0.15) is 27.7 Å². The van der Waals surface area contributed by atoms with Gasteiger partial charge in [0.2, 0.25) is 0 Å². The predicted octanol–water partition coefficient (Wildman–Crippen LogP) is 1.67. The molecule has 2 heteroatoms. The van der Waals surface area contributed by atoms with Gasteiger partial charge in [-0.25, -0.2) is 0 Å². The van der Waals surface area contributed by atoms with Crippen LogP contribution in [-0.2, 0) is 4.74 Å². The Morgan fingerprint density at radius 3 is 2.08 bits per heavy atom. The van der Waals surface area contributed by atoms with Crippen LogP contribution in [0.25, 0.3) is 0 Å². The molecular weight excluding hydrogens is 152 g/mol. The Bertz CT molecular complexity index is 142. The SMILES string of the molecule is CC1[C@H](C)OC(CO)[C@@H](C)[C@@H]1C. The lowest BCUT2D eigenvalue weighted by atomic mass is 9.77. The lowest BCUT2D eigenvalue weighted by molar-refractivity contribution is -0.140. The quantitative estimate of drug-likeness (QED) is 0.652. The van der Waals surface area contributed by atoms with Crippen LogP contribution in [0.15, 0.2) is 0 Å². The Balaban J connectivity index is 2.63.